The van der Waals surface area contributed by atoms with E-state index in [2.05, 4.69) is 25.6 Å². The summed E-state index contributed by atoms with van der Waals surface area (Å²) in [4.78, 5) is 25.7. The Hall–Kier alpha value is -3.79. The standard InChI is InChI=1S/C20H18N6O3S/c1-26-9-6-13-10-16(24-17-12-21-7-8-22-17)25-19(18(13)20(26)27)23-14-4-3-5-15(11-14)30(2,28)29/h3-12H,1-2H3,(H2,22,23,24,25). The molecule has 0 spiro atoms. The van der Waals surface area contributed by atoms with Crippen molar-refractivity contribution in [3.63, 3.8) is 0 Å². The van der Waals surface area contributed by atoms with Gasteiger partial charge in [-0.2, -0.15) is 0 Å². The van der Waals surface area contributed by atoms with E-state index in [1.807, 2.05) is 0 Å². The Morgan fingerprint density at radius 1 is 1.03 bits per heavy atom. The van der Waals surface area contributed by atoms with Gasteiger partial charge >= 0.3 is 0 Å². The molecule has 30 heavy (non-hydrogen) atoms. The molecule has 0 bridgehead atoms. The number of benzene rings is 1. The number of nitrogens with one attached hydrogen (secondary N) is 2. The third-order valence-corrected chi connectivity index (χ3v) is 5.52. The van der Waals surface area contributed by atoms with Crippen molar-refractivity contribution in [3.05, 3.63) is 71.5 Å². The number of hydrogen-bond acceptors (Lipinski definition) is 8. The highest BCUT2D eigenvalue weighted by Gasteiger charge is 2.13. The van der Waals surface area contributed by atoms with Gasteiger partial charge in [0.2, 0.25) is 0 Å². The molecule has 0 saturated carbocycles. The maximum absolute atomic E-state index is 12.8. The third-order valence-electron chi connectivity index (χ3n) is 4.41. The number of hydrogen-bond donors (Lipinski definition) is 2. The fraction of sp³-hybridized carbons (Fsp3) is 0.100. The zero-order valence-electron chi connectivity index (χ0n) is 16.2. The van der Waals surface area contributed by atoms with Gasteiger partial charge in [-0.25, -0.2) is 18.4 Å². The number of anilines is 4. The van der Waals surface area contributed by atoms with Crippen LogP contribution >= 0.6 is 0 Å². The van der Waals surface area contributed by atoms with Crippen LogP contribution in [0.4, 0.5) is 23.1 Å². The van der Waals surface area contributed by atoms with Crippen LogP contribution in [0.25, 0.3) is 10.8 Å². The number of fused-ring (bicyclic) bond motifs is 1. The average molecular weight is 422 g/mol. The first-order valence-corrected chi connectivity index (χ1v) is 10.8. The summed E-state index contributed by atoms with van der Waals surface area (Å²) in [6, 6.07) is 9.89. The summed E-state index contributed by atoms with van der Waals surface area (Å²) in [5.74, 6) is 1.25. The molecule has 1 aromatic carbocycles. The molecule has 4 rings (SSSR count). The van der Waals surface area contributed by atoms with Gasteiger partial charge in [0.1, 0.15) is 17.5 Å². The average Bonchev–Trinajstić information content (AvgIpc) is 2.71. The van der Waals surface area contributed by atoms with Crippen molar-refractivity contribution in [1.29, 1.82) is 0 Å². The Morgan fingerprint density at radius 2 is 1.87 bits per heavy atom. The van der Waals surface area contributed by atoms with Crippen molar-refractivity contribution in [2.75, 3.05) is 16.9 Å². The molecule has 0 unspecified atom stereocenters. The quantitative estimate of drug-likeness (QED) is 0.504. The fourth-order valence-electron chi connectivity index (χ4n) is 2.95. The Balaban J connectivity index is 1.84. The number of rotatable bonds is 5. The van der Waals surface area contributed by atoms with E-state index in [0.29, 0.717) is 33.9 Å². The molecule has 0 saturated heterocycles. The monoisotopic (exact) mass is 422 g/mol. The molecule has 0 aliphatic carbocycles. The highest BCUT2D eigenvalue weighted by Crippen LogP contribution is 2.27. The van der Waals surface area contributed by atoms with Crippen molar-refractivity contribution >= 4 is 43.8 Å². The van der Waals surface area contributed by atoms with Gasteiger partial charge in [0.15, 0.2) is 9.84 Å². The number of nitrogens with zero attached hydrogens (tertiary/aromatic N) is 4. The molecule has 3 heterocycles. The maximum atomic E-state index is 12.8. The smallest absolute Gasteiger partial charge is 0.261 e. The van der Waals surface area contributed by atoms with E-state index >= 15 is 0 Å². The first kappa shape index (κ1) is 19.5. The Kier molecular flexibility index (Phi) is 4.92. The summed E-state index contributed by atoms with van der Waals surface area (Å²) in [6.45, 7) is 0. The highest BCUT2D eigenvalue weighted by atomic mass is 32.2. The van der Waals surface area contributed by atoms with Gasteiger partial charge in [0.05, 0.1) is 16.5 Å². The summed E-state index contributed by atoms with van der Waals surface area (Å²) >= 11 is 0. The molecule has 0 fully saturated rings. The van der Waals surface area contributed by atoms with Crippen LogP contribution in [0.2, 0.25) is 0 Å². The molecule has 0 amide bonds. The van der Waals surface area contributed by atoms with Crippen LogP contribution < -0.4 is 16.2 Å². The zero-order chi connectivity index (χ0) is 21.3. The summed E-state index contributed by atoms with van der Waals surface area (Å²) < 4.78 is 25.2. The van der Waals surface area contributed by atoms with Crippen molar-refractivity contribution in [2.45, 2.75) is 4.90 Å². The largest absolute Gasteiger partial charge is 0.339 e. The van der Waals surface area contributed by atoms with Gasteiger partial charge in [0.25, 0.3) is 5.56 Å². The lowest BCUT2D eigenvalue weighted by molar-refractivity contribution is 0.602. The van der Waals surface area contributed by atoms with Crippen LogP contribution in [0, 0.1) is 0 Å². The topological polar surface area (TPSA) is 119 Å². The molecule has 0 radical (unpaired) electrons. The van der Waals surface area contributed by atoms with Crippen LogP contribution in [-0.4, -0.2) is 34.2 Å². The van der Waals surface area contributed by atoms with E-state index in [0.717, 1.165) is 6.26 Å². The number of sulfone groups is 1. The minimum atomic E-state index is -3.38. The van der Waals surface area contributed by atoms with E-state index in [9.17, 15) is 13.2 Å². The predicted octanol–water partition coefficient (Wildman–Crippen LogP) is 2.61. The van der Waals surface area contributed by atoms with E-state index < -0.39 is 9.84 Å². The van der Waals surface area contributed by atoms with Crippen molar-refractivity contribution < 1.29 is 8.42 Å². The summed E-state index contributed by atoms with van der Waals surface area (Å²) in [7, 11) is -1.72. The molecule has 3 aromatic heterocycles. The van der Waals surface area contributed by atoms with Crippen LogP contribution in [-0.2, 0) is 16.9 Å². The molecular weight excluding hydrogens is 404 g/mol. The second-order valence-electron chi connectivity index (χ2n) is 6.69. The van der Waals surface area contributed by atoms with Gasteiger partial charge in [-0.3, -0.25) is 9.78 Å². The van der Waals surface area contributed by atoms with Crippen LogP contribution in [0.3, 0.4) is 0 Å². The Morgan fingerprint density at radius 3 is 2.60 bits per heavy atom. The molecule has 2 N–H and O–H groups in total. The first-order chi connectivity index (χ1) is 14.3. The minimum absolute atomic E-state index is 0.165. The van der Waals surface area contributed by atoms with Gasteiger partial charge in [-0.05, 0) is 35.7 Å². The molecule has 4 aromatic rings. The van der Waals surface area contributed by atoms with Gasteiger partial charge in [-0.15, -0.1) is 0 Å². The third kappa shape index (κ3) is 3.98. The summed E-state index contributed by atoms with van der Waals surface area (Å²) in [5, 5.41) is 7.20. The molecular formula is C20H18N6O3S. The summed E-state index contributed by atoms with van der Waals surface area (Å²) in [5.41, 5.74) is 0.266. The molecule has 10 heteroatoms. The number of pyridine rings is 2. The second-order valence-corrected chi connectivity index (χ2v) is 8.71. The SMILES string of the molecule is Cn1ccc2cc(Nc3cnccn3)nc(Nc3cccc(S(C)(=O)=O)c3)c2c1=O. The Bertz CT molecular complexity index is 1400. The molecule has 0 atom stereocenters. The first-order valence-electron chi connectivity index (χ1n) is 8.92. The van der Waals surface area contributed by atoms with Crippen LogP contribution in [0.15, 0.2) is 70.9 Å². The number of aryl methyl sites for hydroxylation is 1. The minimum Gasteiger partial charge on any atom is -0.339 e. The normalized spacial score (nSPS) is 11.4. The van der Waals surface area contributed by atoms with E-state index in [-0.39, 0.29) is 10.5 Å². The lowest BCUT2D eigenvalue weighted by Gasteiger charge is -2.13. The number of aromatic nitrogens is 4. The van der Waals surface area contributed by atoms with Gasteiger partial charge in [0, 0.05) is 37.6 Å². The van der Waals surface area contributed by atoms with Crippen molar-refractivity contribution in [2.24, 2.45) is 7.05 Å². The van der Waals surface area contributed by atoms with Gasteiger partial charge in [-0.1, -0.05) is 6.07 Å². The van der Waals surface area contributed by atoms with Gasteiger partial charge < -0.3 is 15.2 Å². The highest BCUT2D eigenvalue weighted by molar-refractivity contribution is 7.90. The summed E-state index contributed by atoms with van der Waals surface area (Å²) in [6.07, 6.45) is 7.48. The second kappa shape index (κ2) is 7.56. The van der Waals surface area contributed by atoms with Crippen LogP contribution in [0.1, 0.15) is 0 Å². The molecule has 0 aliphatic heterocycles. The van der Waals surface area contributed by atoms with Crippen molar-refractivity contribution in [3.8, 4) is 0 Å². The van der Waals surface area contributed by atoms with E-state index in [4.69, 9.17) is 0 Å². The zero-order valence-corrected chi connectivity index (χ0v) is 17.0. The molecule has 9 nitrogen and oxygen atoms in total. The van der Waals surface area contributed by atoms with Crippen molar-refractivity contribution in [1.82, 2.24) is 19.5 Å². The Labute approximate surface area is 172 Å². The predicted molar refractivity (Wildman–Crippen MR) is 115 cm³/mol. The lowest BCUT2D eigenvalue weighted by atomic mass is 10.2. The lowest BCUT2D eigenvalue weighted by Crippen LogP contribution is -2.17. The fourth-order valence-corrected chi connectivity index (χ4v) is 3.61. The maximum Gasteiger partial charge on any atom is 0.261 e. The van der Waals surface area contributed by atoms with Crippen LogP contribution in [0.5, 0.6) is 0 Å². The molecule has 0 aliphatic rings. The van der Waals surface area contributed by atoms with E-state index in [1.54, 1.807) is 56.1 Å². The molecule has 152 valence electrons. The van der Waals surface area contributed by atoms with E-state index in [1.165, 1.54) is 16.7 Å².